The molecule has 0 atom stereocenters. The maximum atomic E-state index is 13.6. The standard InChI is InChI=1S/C28H27FN2O5/c1-34-24-15-20(16-25(35-2)27(24)36-3)14-23(21-9-11-22(29)12-10-21)28(33)31-17-19-6-4-18(5-7-19)8-13-26(30)32/h4-16H,17H2,1-3H3,(H2,30,32)(H,31,33)/b13-8+,23-14+. The number of nitrogens with two attached hydrogens (primary N) is 1. The Morgan fingerprint density at radius 1 is 0.889 bits per heavy atom. The Labute approximate surface area is 209 Å². The summed E-state index contributed by atoms with van der Waals surface area (Å²) in [5, 5.41) is 2.90. The van der Waals surface area contributed by atoms with Gasteiger partial charge in [-0.2, -0.15) is 0 Å². The molecule has 0 aliphatic carbocycles. The number of methoxy groups -OCH3 is 3. The average molecular weight is 491 g/mol. The summed E-state index contributed by atoms with van der Waals surface area (Å²) in [6.07, 6.45) is 4.56. The number of amides is 2. The number of nitrogens with one attached hydrogen (secondary N) is 1. The number of primary amides is 1. The summed E-state index contributed by atoms with van der Waals surface area (Å²) < 4.78 is 29.8. The molecule has 7 nitrogen and oxygen atoms in total. The first-order valence-electron chi connectivity index (χ1n) is 11.0. The Hall–Kier alpha value is -4.59. The van der Waals surface area contributed by atoms with Gasteiger partial charge in [-0.25, -0.2) is 4.39 Å². The predicted octanol–water partition coefficient (Wildman–Crippen LogP) is 4.21. The topological polar surface area (TPSA) is 99.9 Å². The molecule has 0 fully saturated rings. The van der Waals surface area contributed by atoms with Crippen molar-refractivity contribution < 1.29 is 28.2 Å². The van der Waals surface area contributed by atoms with Crippen LogP contribution < -0.4 is 25.3 Å². The van der Waals surface area contributed by atoms with E-state index in [1.165, 1.54) is 39.5 Å². The average Bonchev–Trinajstić information content (AvgIpc) is 2.89. The van der Waals surface area contributed by atoms with Gasteiger partial charge >= 0.3 is 0 Å². The molecule has 0 bridgehead atoms. The Balaban J connectivity index is 1.90. The van der Waals surface area contributed by atoms with E-state index in [4.69, 9.17) is 19.9 Å². The SMILES string of the molecule is COc1cc(/C=C(/C(=O)NCc2ccc(/C=C/C(N)=O)cc2)c2ccc(F)cc2)cc(OC)c1OC. The molecule has 3 rings (SSSR count). The minimum absolute atomic E-state index is 0.256. The Bertz CT molecular complexity index is 1260. The first-order chi connectivity index (χ1) is 17.3. The molecule has 36 heavy (non-hydrogen) atoms. The molecule has 0 aromatic heterocycles. The molecule has 0 aliphatic rings. The molecule has 0 saturated heterocycles. The summed E-state index contributed by atoms with van der Waals surface area (Å²) in [5.41, 5.74) is 8.26. The first kappa shape index (κ1) is 26.0. The number of halogens is 1. The second-order valence-corrected chi connectivity index (χ2v) is 7.68. The normalized spacial score (nSPS) is 11.3. The molecule has 0 aliphatic heterocycles. The van der Waals surface area contributed by atoms with Crippen LogP contribution in [0.4, 0.5) is 4.39 Å². The van der Waals surface area contributed by atoms with Crippen LogP contribution in [0, 0.1) is 5.82 Å². The van der Waals surface area contributed by atoms with Crippen molar-refractivity contribution in [3.8, 4) is 17.2 Å². The van der Waals surface area contributed by atoms with Gasteiger partial charge in [0.05, 0.1) is 21.3 Å². The molecule has 0 radical (unpaired) electrons. The van der Waals surface area contributed by atoms with Crippen molar-refractivity contribution >= 4 is 29.5 Å². The molecule has 3 N–H and O–H groups in total. The van der Waals surface area contributed by atoms with Crippen LogP contribution in [0.1, 0.15) is 22.3 Å². The third-order valence-corrected chi connectivity index (χ3v) is 5.27. The lowest BCUT2D eigenvalue weighted by atomic mass is 10.0. The molecule has 3 aromatic carbocycles. The van der Waals surface area contributed by atoms with Gasteiger partial charge in [-0.05, 0) is 58.7 Å². The molecule has 0 spiro atoms. The summed E-state index contributed by atoms with van der Waals surface area (Å²) in [5.74, 6) is 0.0160. The summed E-state index contributed by atoms with van der Waals surface area (Å²) in [4.78, 5) is 24.2. The van der Waals surface area contributed by atoms with Crippen LogP contribution >= 0.6 is 0 Å². The number of carbonyl (C=O) groups is 2. The van der Waals surface area contributed by atoms with E-state index in [9.17, 15) is 14.0 Å². The fourth-order valence-electron chi connectivity index (χ4n) is 3.46. The highest BCUT2D eigenvalue weighted by Crippen LogP contribution is 2.39. The van der Waals surface area contributed by atoms with Crippen LogP contribution in [-0.2, 0) is 16.1 Å². The maximum absolute atomic E-state index is 13.6. The molecular formula is C28H27FN2O5. The molecule has 0 unspecified atom stereocenters. The summed E-state index contributed by atoms with van der Waals surface area (Å²) in [6.45, 7) is 0.256. The summed E-state index contributed by atoms with van der Waals surface area (Å²) in [6, 6.07) is 16.4. The second kappa shape index (κ2) is 12.2. The maximum Gasteiger partial charge on any atom is 0.252 e. The fraction of sp³-hybridized carbons (Fsp3) is 0.143. The highest BCUT2D eigenvalue weighted by molar-refractivity contribution is 6.24. The monoisotopic (exact) mass is 490 g/mol. The van der Waals surface area contributed by atoms with Crippen LogP contribution in [0.3, 0.4) is 0 Å². The van der Waals surface area contributed by atoms with Crippen LogP contribution in [-0.4, -0.2) is 33.1 Å². The van der Waals surface area contributed by atoms with E-state index in [0.717, 1.165) is 11.1 Å². The van der Waals surface area contributed by atoms with Crippen molar-refractivity contribution in [2.45, 2.75) is 6.54 Å². The predicted molar refractivity (Wildman–Crippen MR) is 137 cm³/mol. The Morgan fingerprint density at radius 3 is 2.03 bits per heavy atom. The van der Waals surface area contributed by atoms with Crippen LogP contribution in [0.2, 0.25) is 0 Å². The van der Waals surface area contributed by atoms with Crippen molar-refractivity contribution in [3.63, 3.8) is 0 Å². The van der Waals surface area contributed by atoms with Crippen LogP contribution in [0.5, 0.6) is 17.2 Å². The number of benzene rings is 3. The van der Waals surface area contributed by atoms with Crippen molar-refractivity contribution in [1.29, 1.82) is 0 Å². The number of carbonyl (C=O) groups excluding carboxylic acids is 2. The van der Waals surface area contributed by atoms with Gasteiger partial charge < -0.3 is 25.3 Å². The van der Waals surface area contributed by atoms with Gasteiger partial charge in [0.15, 0.2) is 11.5 Å². The van der Waals surface area contributed by atoms with E-state index in [1.54, 1.807) is 36.4 Å². The highest BCUT2D eigenvalue weighted by Gasteiger charge is 2.16. The third-order valence-electron chi connectivity index (χ3n) is 5.27. The second-order valence-electron chi connectivity index (χ2n) is 7.68. The smallest absolute Gasteiger partial charge is 0.252 e. The molecular weight excluding hydrogens is 463 g/mol. The lowest BCUT2D eigenvalue weighted by Gasteiger charge is -2.14. The largest absolute Gasteiger partial charge is 0.493 e. The number of rotatable bonds is 10. The lowest BCUT2D eigenvalue weighted by molar-refractivity contribution is -0.116. The quantitative estimate of drug-likeness (QED) is 0.328. The zero-order valence-corrected chi connectivity index (χ0v) is 20.2. The fourth-order valence-corrected chi connectivity index (χ4v) is 3.46. The van der Waals surface area contributed by atoms with E-state index in [2.05, 4.69) is 5.32 Å². The zero-order chi connectivity index (χ0) is 26.1. The van der Waals surface area contributed by atoms with E-state index in [1.807, 2.05) is 24.3 Å². The van der Waals surface area contributed by atoms with Gasteiger partial charge in [-0.3, -0.25) is 9.59 Å². The zero-order valence-electron chi connectivity index (χ0n) is 20.2. The summed E-state index contributed by atoms with van der Waals surface area (Å²) in [7, 11) is 4.52. The van der Waals surface area contributed by atoms with E-state index < -0.39 is 11.7 Å². The van der Waals surface area contributed by atoms with Crippen LogP contribution in [0.15, 0.2) is 66.7 Å². The molecule has 186 valence electrons. The van der Waals surface area contributed by atoms with Gasteiger partial charge in [-0.1, -0.05) is 36.4 Å². The highest BCUT2D eigenvalue weighted by atomic mass is 19.1. The van der Waals surface area contributed by atoms with Crippen molar-refractivity contribution in [2.24, 2.45) is 5.73 Å². The van der Waals surface area contributed by atoms with Gasteiger partial charge in [0.1, 0.15) is 5.82 Å². The minimum atomic E-state index is -0.529. The van der Waals surface area contributed by atoms with E-state index in [-0.39, 0.29) is 12.5 Å². The van der Waals surface area contributed by atoms with Gasteiger partial charge in [-0.15, -0.1) is 0 Å². The van der Waals surface area contributed by atoms with Crippen molar-refractivity contribution in [1.82, 2.24) is 5.32 Å². The summed E-state index contributed by atoms with van der Waals surface area (Å²) >= 11 is 0. The molecule has 3 aromatic rings. The minimum Gasteiger partial charge on any atom is -0.493 e. The van der Waals surface area contributed by atoms with Crippen molar-refractivity contribution in [3.05, 3.63) is 94.8 Å². The van der Waals surface area contributed by atoms with Crippen molar-refractivity contribution in [2.75, 3.05) is 21.3 Å². The molecule has 2 amide bonds. The van der Waals surface area contributed by atoms with E-state index in [0.29, 0.717) is 33.9 Å². The molecule has 0 heterocycles. The number of hydrogen-bond donors (Lipinski definition) is 2. The number of ether oxygens (including phenoxy) is 3. The Morgan fingerprint density at radius 2 is 1.50 bits per heavy atom. The molecule has 0 saturated carbocycles. The number of hydrogen-bond acceptors (Lipinski definition) is 5. The lowest BCUT2D eigenvalue weighted by Crippen LogP contribution is -2.23. The van der Waals surface area contributed by atoms with Gasteiger partial charge in [0.2, 0.25) is 11.7 Å². The van der Waals surface area contributed by atoms with Crippen LogP contribution in [0.25, 0.3) is 17.7 Å². The first-order valence-corrected chi connectivity index (χ1v) is 11.0. The Kier molecular flexibility index (Phi) is 8.83. The van der Waals surface area contributed by atoms with E-state index >= 15 is 0 Å². The van der Waals surface area contributed by atoms with Gasteiger partial charge in [0.25, 0.3) is 5.91 Å². The molecule has 8 heteroatoms. The van der Waals surface area contributed by atoms with Gasteiger partial charge in [0, 0.05) is 18.2 Å². The third kappa shape index (κ3) is 6.73.